The number of aromatic nitrogens is 4. The van der Waals surface area contributed by atoms with E-state index in [9.17, 15) is 13.2 Å². The zero-order valence-corrected chi connectivity index (χ0v) is 14.2. The number of hydrogen-bond donors (Lipinski definition) is 0. The minimum atomic E-state index is -4.68. The van der Waals surface area contributed by atoms with Crippen LogP contribution in [0.15, 0.2) is 21.2 Å². The number of alkyl halides is 3. The summed E-state index contributed by atoms with van der Waals surface area (Å²) in [6, 6.07) is 3.29. The molecule has 7 nitrogen and oxygen atoms in total. The normalized spacial score (nSPS) is 11.8. The van der Waals surface area contributed by atoms with Gasteiger partial charge in [-0.3, -0.25) is 0 Å². The predicted octanol–water partition coefficient (Wildman–Crippen LogP) is 3.69. The number of benzene rings is 1. The summed E-state index contributed by atoms with van der Waals surface area (Å²) < 4.78 is 52.8. The highest BCUT2D eigenvalue weighted by molar-refractivity contribution is 5.61. The van der Waals surface area contributed by atoms with Crippen LogP contribution in [0.2, 0.25) is 0 Å². The molecule has 1 aromatic carbocycles. The van der Waals surface area contributed by atoms with E-state index in [1.54, 1.807) is 32.9 Å². The Bertz CT molecular complexity index is 895. The van der Waals surface area contributed by atoms with Gasteiger partial charge in [0.05, 0.1) is 13.0 Å². The molecule has 0 N–H and O–H groups in total. The first-order valence-corrected chi connectivity index (χ1v) is 7.68. The fraction of sp³-hybridized carbons (Fsp3) is 0.375. The van der Waals surface area contributed by atoms with Crippen molar-refractivity contribution in [3.8, 4) is 17.1 Å². The molecule has 0 amide bonds. The molecule has 0 saturated carbocycles. The van der Waals surface area contributed by atoms with Crippen LogP contribution in [0.5, 0.6) is 5.75 Å². The third kappa shape index (κ3) is 3.84. The molecule has 0 atom stereocenters. The molecule has 138 valence electrons. The predicted molar refractivity (Wildman–Crippen MR) is 82.4 cm³/mol. The van der Waals surface area contributed by atoms with Crippen LogP contribution in [0.4, 0.5) is 13.2 Å². The summed E-state index contributed by atoms with van der Waals surface area (Å²) in [5.74, 6) is 0.148. The number of hydrogen-bond acceptors (Lipinski definition) is 7. The second-order valence-corrected chi connectivity index (χ2v) is 5.69. The summed E-state index contributed by atoms with van der Waals surface area (Å²) in [5.41, 5.74) is 1.89. The van der Waals surface area contributed by atoms with Crippen molar-refractivity contribution in [3.05, 3.63) is 40.9 Å². The molecular weight excluding hydrogens is 353 g/mol. The number of rotatable bonds is 5. The van der Waals surface area contributed by atoms with E-state index in [4.69, 9.17) is 9.26 Å². The molecule has 0 radical (unpaired) electrons. The molecule has 2 heterocycles. The molecule has 3 aromatic rings. The third-order valence-corrected chi connectivity index (χ3v) is 3.52. The van der Waals surface area contributed by atoms with Gasteiger partial charge in [0.15, 0.2) is 5.82 Å². The van der Waals surface area contributed by atoms with Gasteiger partial charge in [-0.1, -0.05) is 10.3 Å². The summed E-state index contributed by atoms with van der Waals surface area (Å²) in [5, 5.41) is 7.09. The quantitative estimate of drug-likeness (QED) is 0.679. The van der Waals surface area contributed by atoms with Crippen molar-refractivity contribution in [1.29, 1.82) is 0 Å². The Hall–Kier alpha value is -2.91. The zero-order chi connectivity index (χ0) is 18.9. The van der Waals surface area contributed by atoms with Gasteiger partial charge in [-0.05, 0) is 44.0 Å². The molecule has 0 spiro atoms. The van der Waals surface area contributed by atoms with Crippen LogP contribution >= 0.6 is 0 Å². The number of halogens is 3. The van der Waals surface area contributed by atoms with Gasteiger partial charge < -0.3 is 13.8 Å². The van der Waals surface area contributed by atoms with Gasteiger partial charge in [0.25, 0.3) is 0 Å². The molecule has 0 fully saturated rings. The topological polar surface area (TPSA) is 87.1 Å². The van der Waals surface area contributed by atoms with E-state index in [0.717, 1.165) is 11.1 Å². The molecule has 0 saturated heterocycles. The minimum Gasteiger partial charge on any atom is -0.493 e. The molecule has 0 bridgehead atoms. The molecule has 3 rings (SSSR count). The number of nitrogens with zero attached hydrogens (tertiary/aromatic N) is 4. The van der Waals surface area contributed by atoms with Crippen LogP contribution < -0.4 is 4.74 Å². The SMILES string of the molecule is Cc1noc(CCOc2c(C)cc(-c3noc(C(F)(F)F)n3)cc2C)n1. The zero-order valence-electron chi connectivity index (χ0n) is 14.2. The highest BCUT2D eigenvalue weighted by Gasteiger charge is 2.38. The smallest absolute Gasteiger partial charge is 0.471 e. The van der Waals surface area contributed by atoms with Crippen molar-refractivity contribution in [2.45, 2.75) is 33.4 Å². The molecule has 0 aliphatic rings. The van der Waals surface area contributed by atoms with Gasteiger partial charge in [-0.15, -0.1) is 0 Å². The van der Waals surface area contributed by atoms with Gasteiger partial charge >= 0.3 is 12.1 Å². The van der Waals surface area contributed by atoms with E-state index in [2.05, 4.69) is 24.8 Å². The van der Waals surface area contributed by atoms with Gasteiger partial charge in [0, 0.05) is 5.56 Å². The van der Waals surface area contributed by atoms with Crippen molar-refractivity contribution in [1.82, 2.24) is 20.3 Å². The van der Waals surface area contributed by atoms with Crippen LogP contribution in [-0.4, -0.2) is 26.9 Å². The van der Waals surface area contributed by atoms with Gasteiger partial charge in [0.2, 0.25) is 11.7 Å². The first kappa shape index (κ1) is 17.9. The molecular formula is C16H15F3N4O3. The lowest BCUT2D eigenvalue weighted by atomic mass is 10.1. The highest BCUT2D eigenvalue weighted by Crippen LogP contribution is 2.32. The van der Waals surface area contributed by atoms with Crippen LogP contribution in [0.3, 0.4) is 0 Å². The second kappa shape index (κ2) is 6.77. The van der Waals surface area contributed by atoms with Gasteiger partial charge in [0.1, 0.15) is 5.75 Å². The Morgan fingerprint density at radius 3 is 2.23 bits per heavy atom. The first-order valence-electron chi connectivity index (χ1n) is 7.68. The molecule has 2 aromatic heterocycles. The lowest BCUT2D eigenvalue weighted by molar-refractivity contribution is -0.159. The fourth-order valence-electron chi connectivity index (χ4n) is 2.44. The van der Waals surface area contributed by atoms with Crippen LogP contribution in [0, 0.1) is 20.8 Å². The van der Waals surface area contributed by atoms with E-state index in [1.165, 1.54) is 0 Å². The van der Waals surface area contributed by atoms with Gasteiger partial charge in [-0.25, -0.2) is 0 Å². The molecule has 0 aliphatic carbocycles. The van der Waals surface area contributed by atoms with Crippen molar-refractivity contribution < 1.29 is 27.0 Å². The first-order chi connectivity index (χ1) is 12.2. The standard InChI is InChI=1S/C16H15F3N4O3/c1-8-6-11(14-21-15(26-23-14)16(17,18)19)7-9(2)13(8)24-5-4-12-20-10(3)22-25-12/h6-7H,4-5H2,1-3H3. The Morgan fingerprint density at radius 1 is 1.00 bits per heavy atom. The summed E-state index contributed by atoms with van der Waals surface area (Å²) in [6.07, 6.45) is -4.23. The summed E-state index contributed by atoms with van der Waals surface area (Å²) in [7, 11) is 0. The van der Waals surface area contributed by atoms with Gasteiger partial charge in [-0.2, -0.15) is 23.1 Å². The minimum absolute atomic E-state index is 0.128. The van der Waals surface area contributed by atoms with E-state index in [-0.39, 0.29) is 5.82 Å². The molecule has 0 unspecified atom stereocenters. The summed E-state index contributed by atoms with van der Waals surface area (Å²) in [6.45, 7) is 5.62. The maximum absolute atomic E-state index is 12.6. The van der Waals surface area contributed by atoms with Crippen molar-refractivity contribution in [2.24, 2.45) is 0 Å². The lowest BCUT2D eigenvalue weighted by Crippen LogP contribution is -2.05. The lowest BCUT2D eigenvalue weighted by Gasteiger charge is -2.12. The molecule has 26 heavy (non-hydrogen) atoms. The average molecular weight is 368 g/mol. The second-order valence-electron chi connectivity index (χ2n) is 5.69. The maximum Gasteiger partial charge on any atom is 0.471 e. The maximum atomic E-state index is 12.6. The third-order valence-electron chi connectivity index (χ3n) is 3.52. The van der Waals surface area contributed by atoms with Crippen LogP contribution in [0.1, 0.15) is 28.7 Å². The fourth-order valence-corrected chi connectivity index (χ4v) is 2.44. The molecule has 10 heteroatoms. The highest BCUT2D eigenvalue weighted by atomic mass is 19.4. The Balaban J connectivity index is 1.74. The van der Waals surface area contributed by atoms with Crippen molar-refractivity contribution in [2.75, 3.05) is 6.61 Å². The Morgan fingerprint density at radius 2 is 1.69 bits per heavy atom. The number of ether oxygens (including phenoxy) is 1. The van der Waals surface area contributed by atoms with E-state index < -0.39 is 12.1 Å². The summed E-state index contributed by atoms with van der Waals surface area (Å²) >= 11 is 0. The average Bonchev–Trinajstić information content (AvgIpc) is 3.18. The van der Waals surface area contributed by atoms with Crippen molar-refractivity contribution >= 4 is 0 Å². The Kier molecular flexibility index (Phi) is 4.66. The van der Waals surface area contributed by atoms with E-state index in [0.29, 0.717) is 36.1 Å². The Labute approximate surface area is 146 Å². The number of aryl methyl sites for hydroxylation is 3. The van der Waals surface area contributed by atoms with Crippen LogP contribution in [-0.2, 0) is 12.6 Å². The largest absolute Gasteiger partial charge is 0.493 e. The van der Waals surface area contributed by atoms with E-state index in [1.807, 2.05) is 0 Å². The molecule has 0 aliphatic heterocycles. The van der Waals surface area contributed by atoms with E-state index >= 15 is 0 Å². The van der Waals surface area contributed by atoms with Crippen molar-refractivity contribution in [3.63, 3.8) is 0 Å². The summed E-state index contributed by atoms with van der Waals surface area (Å²) in [4.78, 5) is 7.48. The monoisotopic (exact) mass is 368 g/mol. The van der Waals surface area contributed by atoms with Crippen LogP contribution in [0.25, 0.3) is 11.4 Å².